The molecule has 24 heavy (non-hydrogen) atoms. The van der Waals surface area contributed by atoms with Gasteiger partial charge in [-0.3, -0.25) is 0 Å². The molecule has 0 bridgehead atoms. The molecule has 0 aliphatic carbocycles. The number of H-pyrrole nitrogens is 1. The normalized spacial score (nSPS) is 14.4. The lowest BCUT2D eigenvalue weighted by atomic mass is 10.2. The summed E-state index contributed by atoms with van der Waals surface area (Å²) >= 11 is 5.54. The van der Waals surface area contributed by atoms with Crippen molar-refractivity contribution in [2.45, 2.75) is 6.54 Å². The third kappa shape index (κ3) is 4.14. The van der Waals surface area contributed by atoms with E-state index in [2.05, 4.69) is 44.4 Å². The molecule has 5 nitrogen and oxygen atoms in total. The molecule has 1 aromatic heterocycles. The van der Waals surface area contributed by atoms with Gasteiger partial charge in [0.15, 0.2) is 17.5 Å². The first-order valence-corrected chi connectivity index (χ1v) is 8.54. The molecule has 1 aliphatic heterocycles. The molecule has 126 valence electrons. The van der Waals surface area contributed by atoms with E-state index in [1.54, 1.807) is 7.11 Å². The van der Waals surface area contributed by atoms with E-state index in [9.17, 15) is 0 Å². The Hall–Kier alpha value is -2.34. The molecule has 6 heteroatoms. The van der Waals surface area contributed by atoms with E-state index in [0.29, 0.717) is 0 Å². The smallest absolute Gasteiger partial charge is 0.169 e. The number of nitrogens with zero attached hydrogens (tertiary/aromatic N) is 2. The average Bonchev–Trinajstić information content (AvgIpc) is 2.67. The predicted octanol–water partition coefficient (Wildman–Crippen LogP) is 1.71. The number of hydrogen-bond acceptors (Lipinski definition) is 3. The minimum Gasteiger partial charge on any atom is -0.497 e. The molecule has 1 fully saturated rings. The Bertz CT molecular complexity index is 654. The monoisotopic (exact) mass is 343 g/mol. The average molecular weight is 343 g/mol. The summed E-state index contributed by atoms with van der Waals surface area (Å²) in [4.78, 5) is 7.69. The first-order valence-electron chi connectivity index (χ1n) is 8.13. The number of aromatic amines is 1. The Morgan fingerprint density at radius 2 is 1.75 bits per heavy atom. The van der Waals surface area contributed by atoms with Crippen molar-refractivity contribution in [3.05, 3.63) is 54.4 Å². The number of anilines is 1. The highest BCUT2D eigenvalue weighted by atomic mass is 32.1. The van der Waals surface area contributed by atoms with Crippen LogP contribution in [0.3, 0.4) is 0 Å². The van der Waals surface area contributed by atoms with Crippen molar-refractivity contribution in [2.75, 3.05) is 38.2 Å². The fourth-order valence-corrected chi connectivity index (χ4v) is 3.04. The minimum atomic E-state index is 0.734. The lowest BCUT2D eigenvalue weighted by molar-refractivity contribution is -0.377. The van der Waals surface area contributed by atoms with Gasteiger partial charge in [-0.1, -0.05) is 12.1 Å². The van der Waals surface area contributed by atoms with Crippen LogP contribution in [-0.4, -0.2) is 43.3 Å². The molecule has 0 radical (unpaired) electrons. The van der Waals surface area contributed by atoms with Crippen molar-refractivity contribution in [3.8, 4) is 5.75 Å². The molecule has 1 saturated heterocycles. The standard InChI is InChI=1S/C18H22N4OS/c1-23-17-4-2-15(3-5-17)14-20-18(24)22-12-10-21(11-13-22)16-6-8-19-9-7-16/h2-9H,10-14H2,1H3,(H,20,24)/p+1. The predicted molar refractivity (Wildman–Crippen MR) is 99.2 cm³/mol. The second-order valence-corrected chi connectivity index (χ2v) is 6.13. The molecule has 0 unspecified atom stereocenters. The van der Waals surface area contributed by atoms with Crippen molar-refractivity contribution in [2.24, 2.45) is 0 Å². The summed E-state index contributed by atoms with van der Waals surface area (Å²) in [5.74, 6) is 0.871. The van der Waals surface area contributed by atoms with Crippen LogP contribution in [-0.2, 0) is 6.54 Å². The van der Waals surface area contributed by atoms with Gasteiger partial charge in [0.05, 0.1) is 7.11 Å². The van der Waals surface area contributed by atoms with Crippen molar-refractivity contribution in [3.63, 3.8) is 0 Å². The number of pyridine rings is 1. The quantitative estimate of drug-likeness (QED) is 0.856. The lowest BCUT2D eigenvalue weighted by Crippen LogP contribution is -2.51. The zero-order valence-corrected chi connectivity index (χ0v) is 14.7. The second-order valence-electron chi connectivity index (χ2n) is 5.74. The van der Waals surface area contributed by atoms with Gasteiger partial charge >= 0.3 is 0 Å². The van der Waals surface area contributed by atoms with E-state index in [4.69, 9.17) is 17.0 Å². The minimum absolute atomic E-state index is 0.734. The molecule has 0 saturated carbocycles. The van der Waals surface area contributed by atoms with Gasteiger partial charge in [0.25, 0.3) is 0 Å². The van der Waals surface area contributed by atoms with Crippen molar-refractivity contribution in [1.82, 2.24) is 10.2 Å². The number of thiocarbonyl (C=S) groups is 1. The molecular weight excluding hydrogens is 320 g/mol. The summed E-state index contributed by atoms with van der Waals surface area (Å²) in [6.07, 6.45) is 3.92. The first kappa shape index (κ1) is 16.5. The fraction of sp³-hybridized carbons (Fsp3) is 0.333. The zero-order valence-electron chi connectivity index (χ0n) is 13.9. The van der Waals surface area contributed by atoms with Crippen LogP contribution in [0.4, 0.5) is 5.69 Å². The number of ether oxygens (including phenoxy) is 1. The summed E-state index contributed by atoms with van der Waals surface area (Å²) in [5, 5.41) is 4.18. The highest BCUT2D eigenvalue weighted by molar-refractivity contribution is 7.80. The summed E-state index contributed by atoms with van der Waals surface area (Å²) in [5.41, 5.74) is 2.45. The second kappa shape index (κ2) is 7.97. The van der Waals surface area contributed by atoms with Gasteiger partial charge in [-0.05, 0) is 29.9 Å². The third-order valence-corrected chi connectivity index (χ3v) is 4.64. The molecule has 1 aromatic carbocycles. The molecular formula is C18H23N4OS+. The lowest BCUT2D eigenvalue weighted by Gasteiger charge is -2.37. The Morgan fingerprint density at radius 1 is 1.08 bits per heavy atom. The molecule has 2 heterocycles. The van der Waals surface area contributed by atoms with Gasteiger partial charge in [-0.25, -0.2) is 4.98 Å². The molecule has 1 aliphatic rings. The highest BCUT2D eigenvalue weighted by Crippen LogP contribution is 2.14. The van der Waals surface area contributed by atoms with Crippen LogP contribution in [0.1, 0.15) is 5.56 Å². The van der Waals surface area contributed by atoms with Crippen LogP contribution in [0.15, 0.2) is 48.8 Å². The number of methoxy groups -OCH3 is 1. The largest absolute Gasteiger partial charge is 0.497 e. The summed E-state index contributed by atoms with van der Waals surface area (Å²) in [7, 11) is 1.68. The molecule has 0 atom stereocenters. The highest BCUT2D eigenvalue weighted by Gasteiger charge is 2.19. The van der Waals surface area contributed by atoms with Crippen LogP contribution < -0.4 is 19.9 Å². The number of rotatable bonds is 4. The van der Waals surface area contributed by atoms with Crippen LogP contribution >= 0.6 is 12.2 Å². The van der Waals surface area contributed by atoms with E-state index >= 15 is 0 Å². The molecule has 3 rings (SSSR count). The van der Waals surface area contributed by atoms with Gasteiger partial charge in [0.1, 0.15) is 5.75 Å². The number of nitrogens with one attached hydrogen (secondary N) is 2. The first-order chi connectivity index (χ1) is 11.8. The van der Waals surface area contributed by atoms with Crippen molar-refractivity contribution < 1.29 is 9.72 Å². The van der Waals surface area contributed by atoms with Crippen molar-refractivity contribution in [1.29, 1.82) is 0 Å². The zero-order chi connectivity index (χ0) is 16.8. The maximum atomic E-state index is 5.54. The Balaban J connectivity index is 1.46. The summed E-state index contributed by atoms with van der Waals surface area (Å²) < 4.78 is 5.18. The molecule has 0 amide bonds. The molecule has 2 N–H and O–H groups in total. The maximum Gasteiger partial charge on any atom is 0.169 e. The van der Waals surface area contributed by atoms with Crippen LogP contribution in [0.5, 0.6) is 5.75 Å². The third-order valence-electron chi connectivity index (χ3n) is 4.24. The van der Waals surface area contributed by atoms with Gasteiger partial charge < -0.3 is 19.9 Å². The number of piperazine rings is 1. The number of benzene rings is 1. The van der Waals surface area contributed by atoms with E-state index in [1.807, 2.05) is 24.5 Å². The number of aromatic nitrogens is 1. The maximum absolute atomic E-state index is 5.54. The SMILES string of the molecule is COc1ccc(CNC(=S)N2CCN(c3cc[nH+]cc3)CC2)cc1. The summed E-state index contributed by atoms with van der Waals surface area (Å²) in [6.45, 7) is 4.57. The van der Waals surface area contributed by atoms with Gasteiger partial charge in [-0.15, -0.1) is 0 Å². The van der Waals surface area contributed by atoms with Gasteiger partial charge in [0, 0.05) is 50.5 Å². The Labute approximate surface area is 148 Å². The van der Waals surface area contributed by atoms with Gasteiger partial charge in [-0.2, -0.15) is 0 Å². The van der Waals surface area contributed by atoms with Crippen molar-refractivity contribution >= 4 is 23.0 Å². The Kier molecular flexibility index (Phi) is 5.48. The summed E-state index contributed by atoms with van der Waals surface area (Å²) in [6, 6.07) is 12.3. The van der Waals surface area contributed by atoms with Crippen LogP contribution in [0.2, 0.25) is 0 Å². The van der Waals surface area contributed by atoms with Gasteiger partial charge in [0.2, 0.25) is 0 Å². The fourth-order valence-electron chi connectivity index (χ4n) is 2.79. The van der Waals surface area contributed by atoms with E-state index in [-0.39, 0.29) is 0 Å². The molecule has 0 spiro atoms. The Morgan fingerprint density at radius 3 is 2.38 bits per heavy atom. The van der Waals surface area contributed by atoms with E-state index in [1.165, 1.54) is 11.3 Å². The van der Waals surface area contributed by atoms with E-state index in [0.717, 1.165) is 43.6 Å². The number of hydrogen-bond donors (Lipinski definition) is 1. The van der Waals surface area contributed by atoms with Crippen LogP contribution in [0.25, 0.3) is 0 Å². The van der Waals surface area contributed by atoms with E-state index < -0.39 is 0 Å². The topological polar surface area (TPSA) is 41.9 Å². The van der Waals surface area contributed by atoms with Crippen LogP contribution in [0, 0.1) is 0 Å². The molecule has 2 aromatic rings.